The Morgan fingerprint density at radius 3 is 2.65 bits per heavy atom. The lowest BCUT2D eigenvalue weighted by atomic mass is 9.63. The highest BCUT2D eigenvalue weighted by atomic mass is 35.5. The molecule has 12 heteroatoms. The van der Waals surface area contributed by atoms with Gasteiger partial charge in [0, 0.05) is 56.3 Å². The number of alkyl halides is 1. The number of allylic oxidation sites excluding steroid dienone is 1. The molecule has 298 valence electrons. The van der Waals surface area contributed by atoms with Crippen LogP contribution in [-0.2, 0) is 21.2 Å². The molecule has 54 heavy (non-hydrogen) atoms. The van der Waals surface area contributed by atoms with Gasteiger partial charge in [-0.05, 0) is 124 Å². The van der Waals surface area contributed by atoms with E-state index < -0.39 is 33.0 Å². The van der Waals surface area contributed by atoms with Gasteiger partial charge in [0.05, 0.1) is 17.5 Å². The summed E-state index contributed by atoms with van der Waals surface area (Å²) in [5.74, 6) is 0.266. The normalized spacial score (nSPS) is 31.9. The molecular formula is C42H60ClFN4O5S. The summed E-state index contributed by atoms with van der Waals surface area (Å²) in [5, 5.41) is 3.33. The van der Waals surface area contributed by atoms with Crippen molar-refractivity contribution in [1.29, 1.82) is 0 Å². The minimum atomic E-state index is -3.99. The second-order valence-corrected chi connectivity index (χ2v) is 18.6. The zero-order valence-corrected chi connectivity index (χ0v) is 34.1. The van der Waals surface area contributed by atoms with E-state index in [1.165, 1.54) is 11.1 Å². The Kier molecular flexibility index (Phi) is 13.7. The average Bonchev–Trinajstić information content (AvgIpc) is 3.31. The average molecular weight is 787 g/mol. The maximum atomic E-state index is 14.5. The molecular weight excluding hydrogens is 727 g/mol. The van der Waals surface area contributed by atoms with E-state index in [1.807, 2.05) is 13.0 Å². The Hall–Kier alpha value is -2.70. The minimum Gasteiger partial charge on any atom is -0.491 e. The number of benzene rings is 2. The molecule has 1 aliphatic carbocycles. The van der Waals surface area contributed by atoms with Gasteiger partial charge < -0.3 is 19.7 Å². The molecule has 7 atom stereocenters. The number of hydrogen-bond donors (Lipinski definition) is 2. The van der Waals surface area contributed by atoms with Crippen LogP contribution in [0, 0.1) is 17.8 Å². The zero-order chi connectivity index (χ0) is 38.5. The number of carbonyl (C=O) groups excluding carboxylic acids is 1. The first-order valence-corrected chi connectivity index (χ1v) is 22.0. The Labute approximate surface area is 327 Å². The lowest BCUT2D eigenvalue weighted by Crippen LogP contribution is -2.57. The van der Waals surface area contributed by atoms with Crippen molar-refractivity contribution < 1.29 is 27.1 Å². The first-order chi connectivity index (χ1) is 25.9. The van der Waals surface area contributed by atoms with Gasteiger partial charge in [-0.1, -0.05) is 50.1 Å². The predicted octanol–water partition coefficient (Wildman–Crippen LogP) is 7.14. The standard InChI is InChI=1S/C42H60ClFN4O5S/c1-5-8-31-23-35(43)13-14-37(31)34-26-48-25-33-11-15-38(33)42(52-4,28-47-21-7-10-36(44)17-19-45-20-22-47)18-6-9-29(2)30(3)54(50,51)46-41(49)32-12-16-40(53-27-34)39(48)24-32/h6,12-14,16,18,23-24,29-30,33-34,36,38,45H,5,7-11,15,17,19-22,25-28H2,1-4H3,(H,46,49)/b18-6+/t29-,30+,33-,34-,36+,38+,42+/m0/s1. The van der Waals surface area contributed by atoms with Crippen LogP contribution in [0.2, 0.25) is 5.02 Å². The molecule has 0 radical (unpaired) electrons. The number of anilines is 1. The smallest absolute Gasteiger partial charge is 0.264 e. The number of nitrogens with zero attached hydrogens (tertiary/aromatic N) is 2. The summed E-state index contributed by atoms with van der Waals surface area (Å²) >= 11 is 6.49. The molecule has 2 bridgehead atoms. The van der Waals surface area contributed by atoms with Crippen molar-refractivity contribution >= 4 is 33.2 Å². The van der Waals surface area contributed by atoms with Gasteiger partial charge in [0.15, 0.2) is 0 Å². The van der Waals surface area contributed by atoms with Crippen molar-refractivity contribution in [2.45, 2.75) is 95.1 Å². The lowest BCUT2D eigenvalue weighted by Gasteiger charge is -2.51. The van der Waals surface area contributed by atoms with Crippen LogP contribution in [-0.4, -0.2) is 95.8 Å². The van der Waals surface area contributed by atoms with E-state index in [9.17, 15) is 17.6 Å². The largest absolute Gasteiger partial charge is 0.491 e. The molecule has 1 amide bonds. The molecule has 3 heterocycles. The maximum absolute atomic E-state index is 14.5. The second-order valence-electron chi connectivity index (χ2n) is 16.1. The number of fused-ring (bicyclic) bond motifs is 2. The highest BCUT2D eigenvalue weighted by Crippen LogP contribution is 2.47. The van der Waals surface area contributed by atoms with Gasteiger partial charge in [0.2, 0.25) is 10.0 Å². The number of amides is 1. The summed E-state index contributed by atoms with van der Waals surface area (Å²) in [5.41, 5.74) is 2.85. The van der Waals surface area contributed by atoms with Gasteiger partial charge in [-0.25, -0.2) is 17.5 Å². The Bertz CT molecular complexity index is 1740. The number of sulfonamides is 1. The third kappa shape index (κ3) is 9.45. The summed E-state index contributed by atoms with van der Waals surface area (Å²) in [6.07, 6.45) is 9.79. The van der Waals surface area contributed by atoms with Crippen LogP contribution in [0.25, 0.3) is 0 Å². The summed E-state index contributed by atoms with van der Waals surface area (Å²) in [7, 11) is -2.19. The van der Waals surface area contributed by atoms with Gasteiger partial charge in [-0.3, -0.25) is 9.69 Å². The number of nitrogens with one attached hydrogen (secondary N) is 2. The van der Waals surface area contributed by atoms with Crippen LogP contribution >= 0.6 is 11.6 Å². The number of halogens is 2. The van der Waals surface area contributed by atoms with Crippen LogP contribution in [0.15, 0.2) is 48.6 Å². The number of methoxy groups -OCH3 is 1. The quantitative estimate of drug-likeness (QED) is 0.298. The van der Waals surface area contributed by atoms with E-state index in [4.69, 9.17) is 21.1 Å². The molecule has 9 nitrogen and oxygen atoms in total. The van der Waals surface area contributed by atoms with Gasteiger partial charge in [0.1, 0.15) is 17.5 Å². The number of ether oxygens (including phenoxy) is 2. The molecule has 2 aromatic carbocycles. The zero-order valence-electron chi connectivity index (χ0n) is 32.5. The molecule has 1 saturated carbocycles. The first-order valence-electron chi connectivity index (χ1n) is 20.1. The van der Waals surface area contributed by atoms with E-state index in [2.05, 4.69) is 51.0 Å². The maximum Gasteiger partial charge on any atom is 0.264 e. The second kappa shape index (κ2) is 18.0. The van der Waals surface area contributed by atoms with Crippen molar-refractivity contribution in [2.24, 2.45) is 17.8 Å². The van der Waals surface area contributed by atoms with Gasteiger partial charge in [-0.2, -0.15) is 0 Å². The van der Waals surface area contributed by atoms with E-state index in [-0.39, 0.29) is 29.2 Å². The number of carbonyl (C=O) groups is 1. The summed E-state index contributed by atoms with van der Waals surface area (Å²) in [6, 6.07) is 11.4. The molecule has 0 unspecified atom stereocenters. The molecule has 1 saturated heterocycles. The van der Waals surface area contributed by atoms with Crippen molar-refractivity contribution in [3.05, 3.63) is 70.3 Å². The van der Waals surface area contributed by atoms with Crippen molar-refractivity contribution in [1.82, 2.24) is 14.9 Å². The summed E-state index contributed by atoms with van der Waals surface area (Å²) in [4.78, 5) is 18.4. The van der Waals surface area contributed by atoms with Crippen molar-refractivity contribution in [3.63, 3.8) is 0 Å². The first kappa shape index (κ1) is 40.9. The fraction of sp³-hybridized carbons (Fsp3) is 0.643. The number of aryl methyl sites for hydroxylation is 1. The van der Waals surface area contributed by atoms with Crippen LogP contribution in [0.4, 0.5) is 10.1 Å². The Morgan fingerprint density at radius 1 is 1.06 bits per heavy atom. The molecule has 2 aromatic rings. The molecule has 0 spiro atoms. The van der Waals surface area contributed by atoms with Crippen LogP contribution in [0.5, 0.6) is 5.75 Å². The van der Waals surface area contributed by atoms with Crippen LogP contribution in [0.3, 0.4) is 0 Å². The van der Waals surface area contributed by atoms with Gasteiger partial charge >= 0.3 is 0 Å². The van der Waals surface area contributed by atoms with Crippen LogP contribution < -0.4 is 19.7 Å². The van der Waals surface area contributed by atoms with Crippen LogP contribution in [0.1, 0.15) is 93.1 Å². The molecule has 3 aliphatic heterocycles. The van der Waals surface area contributed by atoms with E-state index >= 15 is 0 Å². The number of rotatable bonds is 6. The molecule has 2 N–H and O–H groups in total. The lowest BCUT2D eigenvalue weighted by molar-refractivity contribution is -0.0916. The van der Waals surface area contributed by atoms with Gasteiger partial charge in [0.25, 0.3) is 5.91 Å². The fourth-order valence-electron chi connectivity index (χ4n) is 8.93. The summed E-state index contributed by atoms with van der Waals surface area (Å²) < 4.78 is 57.3. The fourth-order valence-corrected chi connectivity index (χ4v) is 10.4. The van der Waals surface area contributed by atoms with E-state index in [0.717, 1.165) is 64.0 Å². The monoisotopic (exact) mass is 786 g/mol. The van der Waals surface area contributed by atoms with E-state index in [0.29, 0.717) is 56.3 Å². The highest BCUT2D eigenvalue weighted by Gasteiger charge is 2.48. The topological polar surface area (TPSA) is 100 Å². The van der Waals surface area contributed by atoms with Crippen molar-refractivity contribution in [2.75, 3.05) is 64.4 Å². The summed E-state index contributed by atoms with van der Waals surface area (Å²) in [6.45, 7) is 11.3. The molecule has 2 fully saturated rings. The third-order valence-corrected chi connectivity index (χ3v) is 14.7. The predicted molar refractivity (Wildman–Crippen MR) is 215 cm³/mol. The SMILES string of the molecule is CCCc1cc(Cl)ccc1[C@@H]1COc2ccc3cc2N(C1)C[C@@H]1CC[C@H]1[C@@](CN1CCC[C@@H](F)CCNCC1)(OC)/C=C/C[C@H](C)[C@@H](C)S(=O)(=O)NC3=O. The highest BCUT2D eigenvalue weighted by molar-refractivity contribution is 7.90. The van der Waals surface area contributed by atoms with E-state index in [1.54, 1.807) is 32.2 Å². The third-order valence-electron chi connectivity index (χ3n) is 12.5. The molecule has 6 rings (SSSR count). The molecule has 0 aromatic heterocycles. The Balaban J connectivity index is 1.40. The Morgan fingerprint density at radius 2 is 1.89 bits per heavy atom. The number of hydrogen-bond acceptors (Lipinski definition) is 8. The van der Waals surface area contributed by atoms with Gasteiger partial charge in [-0.15, -0.1) is 0 Å². The molecule has 4 aliphatic rings. The van der Waals surface area contributed by atoms with Crippen molar-refractivity contribution in [3.8, 4) is 5.75 Å². The minimum absolute atomic E-state index is 0.0355.